The summed E-state index contributed by atoms with van der Waals surface area (Å²) in [5.41, 5.74) is 0.642. The molecule has 0 radical (unpaired) electrons. The molecule has 1 aromatic rings. The first kappa shape index (κ1) is 17.9. The van der Waals surface area contributed by atoms with Crippen LogP contribution in [-0.4, -0.2) is 46.9 Å². The van der Waals surface area contributed by atoms with E-state index in [0.29, 0.717) is 22.8 Å². The highest BCUT2D eigenvalue weighted by Gasteiger charge is 2.33. The van der Waals surface area contributed by atoms with Gasteiger partial charge in [0.1, 0.15) is 0 Å². The summed E-state index contributed by atoms with van der Waals surface area (Å²) in [6.07, 6.45) is 0.568. The van der Waals surface area contributed by atoms with E-state index >= 15 is 0 Å². The topological polar surface area (TPSA) is 93.1 Å². The molecule has 24 heavy (non-hydrogen) atoms. The summed E-state index contributed by atoms with van der Waals surface area (Å²) < 4.78 is 10.5. The molecule has 7 nitrogen and oxygen atoms in total. The Kier molecular flexibility index (Phi) is 5.50. The first-order valence-corrected chi connectivity index (χ1v) is 8.01. The monoisotopic (exact) mass is 351 g/mol. The first-order valence-electron chi connectivity index (χ1n) is 7.20. The largest absolute Gasteiger partial charge is 0.493 e. The Morgan fingerprint density at radius 2 is 2.08 bits per heavy atom. The van der Waals surface area contributed by atoms with Crippen LogP contribution in [0, 0.1) is 0 Å². The van der Waals surface area contributed by atoms with Gasteiger partial charge in [0.15, 0.2) is 17.6 Å². The third-order valence-electron chi connectivity index (χ3n) is 3.33. The summed E-state index contributed by atoms with van der Waals surface area (Å²) in [4.78, 5) is 36.2. The van der Waals surface area contributed by atoms with E-state index in [4.69, 9.17) is 14.6 Å². The van der Waals surface area contributed by atoms with Crippen LogP contribution in [0.25, 0.3) is 6.08 Å². The zero-order valence-electron chi connectivity index (χ0n) is 13.4. The van der Waals surface area contributed by atoms with Crippen molar-refractivity contribution in [1.29, 1.82) is 0 Å². The molecule has 0 saturated carbocycles. The van der Waals surface area contributed by atoms with Gasteiger partial charge in [0.25, 0.3) is 11.1 Å². The van der Waals surface area contributed by atoms with E-state index in [0.717, 1.165) is 11.8 Å². The minimum Gasteiger partial charge on any atom is -0.493 e. The quantitative estimate of drug-likeness (QED) is 0.787. The predicted molar refractivity (Wildman–Crippen MR) is 89.1 cm³/mol. The van der Waals surface area contributed by atoms with Crippen molar-refractivity contribution in [2.24, 2.45) is 0 Å². The first-order chi connectivity index (χ1) is 11.4. The van der Waals surface area contributed by atoms with Crippen LogP contribution in [0.4, 0.5) is 4.79 Å². The third kappa shape index (κ3) is 3.70. The SMILES string of the molecule is CCN1C(=O)S/C(=C\c2ccc(O[C@H](C)C(=O)O)c(OC)c2)C1=O. The lowest BCUT2D eigenvalue weighted by molar-refractivity contribution is -0.144. The number of carbonyl (C=O) groups is 3. The number of carboxylic acids is 1. The summed E-state index contributed by atoms with van der Waals surface area (Å²) in [6.45, 7) is 3.47. The number of aliphatic carboxylic acids is 1. The zero-order valence-corrected chi connectivity index (χ0v) is 14.3. The van der Waals surface area contributed by atoms with Crippen molar-refractivity contribution >= 4 is 35.0 Å². The molecule has 1 fully saturated rings. The van der Waals surface area contributed by atoms with Gasteiger partial charge in [0.05, 0.1) is 12.0 Å². The minimum absolute atomic E-state index is 0.284. The molecule has 2 amide bonds. The molecular weight excluding hydrogens is 334 g/mol. The lowest BCUT2D eigenvalue weighted by Crippen LogP contribution is -2.27. The number of hydrogen-bond acceptors (Lipinski definition) is 6. The maximum Gasteiger partial charge on any atom is 0.344 e. The number of amides is 2. The van der Waals surface area contributed by atoms with Gasteiger partial charge in [-0.1, -0.05) is 6.07 Å². The second kappa shape index (κ2) is 7.39. The van der Waals surface area contributed by atoms with E-state index in [1.807, 2.05) is 0 Å². The van der Waals surface area contributed by atoms with Crippen LogP contribution in [0.2, 0.25) is 0 Å². The maximum absolute atomic E-state index is 12.1. The summed E-state index contributed by atoms with van der Waals surface area (Å²) in [5, 5.41) is 8.61. The molecule has 0 aromatic heterocycles. The van der Waals surface area contributed by atoms with Gasteiger partial charge in [0.2, 0.25) is 0 Å². The summed E-state index contributed by atoms with van der Waals surface area (Å²) in [5.74, 6) is -0.793. The fourth-order valence-electron chi connectivity index (χ4n) is 2.04. The Labute approximate surface area is 143 Å². The standard InChI is InChI=1S/C16H17NO6S/c1-4-17-14(18)13(24-16(17)21)8-10-5-6-11(12(7-10)22-3)23-9(2)15(19)20/h5-9H,4H2,1-3H3,(H,19,20)/b13-8-/t9-/m1/s1. The Hall–Kier alpha value is -2.48. The number of ether oxygens (including phenoxy) is 2. The van der Waals surface area contributed by atoms with Gasteiger partial charge in [-0.25, -0.2) is 4.79 Å². The Morgan fingerprint density at radius 1 is 1.38 bits per heavy atom. The molecule has 0 bridgehead atoms. The smallest absolute Gasteiger partial charge is 0.344 e. The van der Waals surface area contributed by atoms with E-state index < -0.39 is 12.1 Å². The molecule has 1 heterocycles. The number of carbonyl (C=O) groups excluding carboxylic acids is 2. The maximum atomic E-state index is 12.1. The van der Waals surface area contributed by atoms with Gasteiger partial charge >= 0.3 is 5.97 Å². The molecule has 1 aliphatic rings. The number of carboxylic acid groups (broad SMARTS) is 1. The molecule has 8 heteroatoms. The van der Waals surface area contributed by atoms with Crippen molar-refractivity contribution in [2.45, 2.75) is 20.0 Å². The van der Waals surface area contributed by atoms with Gasteiger partial charge in [0, 0.05) is 6.54 Å². The van der Waals surface area contributed by atoms with Crippen LogP contribution in [0.3, 0.4) is 0 Å². The lowest BCUT2D eigenvalue weighted by Gasteiger charge is -2.14. The molecular formula is C16H17NO6S. The van der Waals surface area contributed by atoms with Gasteiger partial charge in [-0.05, 0) is 49.4 Å². The van der Waals surface area contributed by atoms with Crippen molar-refractivity contribution in [3.05, 3.63) is 28.7 Å². The van der Waals surface area contributed by atoms with Gasteiger partial charge in [-0.2, -0.15) is 0 Å². The molecule has 1 aliphatic heterocycles. The highest BCUT2D eigenvalue weighted by atomic mass is 32.2. The number of rotatable bonds is 6. The average molecular weight is 351 g/mol. The average Bonchev–Trinajstić information content (AvgIpc) is 2.81. The highest BCUT2D eigenvalue weighted by Crippen LogP contribution is 2.34. The van der Waals surface area contributed by atoms with Gasteiger partial charge in [-0.15, -0.1) is 0 Å². The molecule has 1 aromatic carbocycles. The highest BCUT2D eigenvalue weighted by molar-refractivity contribution is 8.18. The number of benzene rings is 1. The van der Waals surface area contributed by atoms with E-state index in [2.05, 4.69) is 0 Å². The molecule has 1 N–H and O–H groups in total. The van der Waals surface area contributed by atoms with E-state index in [1.54, 1.807) is 31.2 Å². The number of nitrogens with zero attached hydrogens (tertiary/aromatic N) is 1. The number of thioether (sulfide) groups is 1. The van der Waals surface area contributed by atoms with Crippen molar-refractivity contribution in [2.75, 3.05) is 13.7 Å². The summed E-state index contributed by atoms with van der Waals surface area (Å²) in [6, 6.07) is 4.84. The molecule has 128 valence electrons. The summed E-state index contributed by atoms with van der Waals surface area (Å²) in [7, 11) is 1.43. The van der Waals surface area contributed by atoms with Gasteiger partial charge < -0.3 is 14.6 Å². The van der Waals surface area contributed by atoms with E-state index in [1.165, 1.54) is 18.9 Å². The van der Waals surface area contributed by atoms with Crippen molar-refractivity contribution in [3.63, 3.8) is 0 Å². The van der Waals surface area contributed by atoms with Crippen LogP contribution in [0.1, 0.15) is 19.4 Å². The van der Waals surface area contributed by atoms with Crippen LogP contribution in [0.5, 0.6) is 11.5 Å². The minimum atomic E-state index is -1.09. The molecule has 2 rings (SSSR count). The Balaban J connectivity index is 2.27. The number of methoxy groups -OCH3 is 1. The van der Waals surface area contributed by atoms with Crippen LogP contribution < -0.4 is 9.47 Å². The number of imide groups is 1. The molecule has 0 spiro atoms. The second-order valence-corrected chi connectivity index (χ2v) is 5.93. The molecule has 1 atom stereocenters. The lowest BCUT2D eigenvalue weighted by atomic mass is 10.2. The number of hydrogen-bond donors (Lipinski definition) is 1. The Bertz CT molecular complexity index is 715. The van der Waals surface area contributed by atoms with Crippen molar-refractivity contribution in [1.82, 2.24) is 4.90 Å². The second-order valence-electron chi connectivity index (χ2n) is 4.93. The predicted octanol–water partition coefficient (Wildman–Crippen LogP) is 2.60. The van der Waals surface area contributed by atoms with Crippen LogP contribution in [0.15, 0.2) is 23.1 Å². The summed E-state index contributed by atoms with van der Waals surface area (Å²) >= 11 is 0.882. The van der Waals surface area contributed by atoms with Crippen LogP contribution in [-0.2, 0) is 9.59 Å². The van der Waals surface area contributed by atoms with Crippen molar-refractivity contribution in [3.8, 4) is 11.5 Å². The third-order valence-corrected chi connectivity index (χ3v) is 4.23. The number of likely N-dealkylation sites (N-methyl/N-ethyl adjacent to an activating group) is 1. The van der Waals surface area contributed by atoms with Crippen molar-refractivity contribution < 1.29 is 29.0 Å². The normalized spacial score (nSPS) is 17.3. The van der Waals surface area contributed by atoms with E-state index in [9.17, 15) is 14.4 Å². The van der Waals surface area contributed by atoms with Crippen LogP contribution >= 0.6 is 11.8 Å². The molecule has 0 aliphatic carbocycles. The Morgan fingerprint density at radius 3 is 2.62 bits per heavy atom. The van der Waals surface area contributed by atoms with E-state index in [-0.39, 0.29) is 16.9 Å². The van der Waals surface area contributed by atoms with Gasteiger partial charge in [-0.3, -0.25) is 14.5 Å². The molecule has 1 saturated heterocycles. The fourth-order valence-corrected chi connectivity index (χ4v) is 2.94. The molecule has 0 unspecified atom stereocenters. The zero-order chi connectivity index (χ0) is 17.9. The fraction of sp³-hybridized carbons (Fsp3) is 0.312.